The molecule has 1 N–H and O–H groups in total. The number of nitrogens with zero attached hydrogens (tertiary/aromatic N) is 1. The fraction of sp³-hybridized carbons (Fsp3) is 1.00. The van der Waals surface area contributed by atoms with Gasteiger partial charge in [0.15, 0.2) is 0 Å². The van der Waals surface area contributed by atoms with Gasteiger partial charge in [0, 0.05) is 0 Å². The fourth-order valence-corrected chi connectivity index (χ4v) is 4.76. The minimum Gasteiger partial charge on any atom is -0.390 e. The van der Waals surface area contributed by atoms with E-state index in [0.717, 1.165) is 25.7 Å². The Morgan fingerprint density at radius 2 is 1.94 bits per heavy atom. The summed E-state index contributed by atoms with van der Waals surface area (Å²) in [4.78, 5) is 14.9. The lowest BCUT2D eigenvalue weighted by Gasteiger charge is -2.59. The second-order valence-corrected chi connectivity index (χ2v) is 6.18. The molecule has 4 bridgehead atoms. The standard InChI is InChI=1S/C11H17NO4/c13-11-4-8-1-9(5-11)3-10(2-8,6-11)7-16-12(14)15/h8-9,13H,1-7H2. The molecule has 0 aliphatic heterocycles. The second-order valence-electron chi connectivity index (χ2n) is 6.18. The summed E-state index contributed by atoms with van der Waals surface area (Å²) in [6, 6.07) is 0. The maximum Gasteiger partial charge on any atom is 0.294 e. The number of hydrogen-bond acceptors (Lipinski definition) is 4. The zero-order chi connectivity index (χ0) is 11.4. The van der Waals surface area contributed by atoms with Gasteiger partial charge in [-0.2, -0.15) is 0 Å². The van der Waals surface area contributed by atoms with Crippen LogP contribution in [0.15, 0.2) is 0 Å². The van der Waals surface area contributed by atoms with Gasteiger partial charge in [-0.3, -0.25) is 0 Å². The Hall–Kier alpha value is -0.840. The highest BCUT2D eigenvalue weighted by Gasteiger charge is 2.57. The smallest absolute Gasteiger partial charge is 0.294 e. The van der Waals surface area contributed by atoms with Gasteiger partial charge in [0.25, 0.3) is 5.09 Å². The van der Waals surface area contributed by atoms with Crippen LogP contribution in [0.3, 0.4) is 0 Å². The SMILES string of the molecule is O=[N+]([O-])OCC12CC3CC(CC(O)(C3)C1)C2. The number of hydrogen-bond donors (Lipinski definition) is 1. The van der Waals surface area contributed by atoms with Gasteiger partial charge in [-0.1, -0.05) is 0 Å². The van der Waals surface area contributed by atoms with E-state index in [1.165, 1.54) is 6.42 Å². The predicted molar refractivity (Wildman–Crippen MR) is 55.0 cm³/mol. The summed E-state index contributed by atoms with van der Waals surface area (Å²) in [7, 11) is 0. The zero-order valence-corrected chi connectivity index (χ0v) is 9.22. The summed E-state index contributed by atoms with van der Waals surface area (Å²) < 4.78 is 0. The molecule has 0 aromatic rings. The molecule has 16 heavy (non-hydrogen) atoms. The van der Waals surface area contributed by atoms with Crippen LogP contribution in [-0.4, -0.2) is 22.4 Å². The van der Waals surface area contributed by atoms with Gasteiger partial charge in [0.2, 0.25) is 0 Å². The monoisotopic (exact) mass is 227 g/mol. The highest BCUT2D eigenvalue weighted by Crippen LogP contribution is 2.61. The molecule has 0 aromatic carbocycles. The van der Waals surface area contributed by atoms with E-state index in [2.05, 4.69) is 4.84 Å². The molecule has 90 valence electrons. The molecule has 0 radical (unpaired) electrons. The summed E-state index contributed by atoms with van der Waals surface area (Å²) in [5.41, 5.74) is -0.671. The van der Waals surface area contributed by atoms with Crippen LogP contribution in [-0.2, 0) is 4.84 Å². The molecule has 5 nitrogen and oxygen atoms in total. The van der Waals surface area contributed by atoms with Crippen molar-refractivity contribution in [1.82, 2.24) is 0 Å². The topological polar surface area (TPSA) is 72.6 Å². The Kier molecular flexibility index (Phi) is 2.00. The van der Waals surface area contributed by atoms with E-state index < -0.39 is 10.7 Å². The molecule has 5 heteroatoms. The van der Waals surface area contributed by atoms with Crippen molar-refractivity contribution in [1.29, 1.82) is 0 Å². The first-order chi connectivity index (χ1) is 7.49. The Morgan fingerprint density at radius 1 is 1.31 bits per heavy atom. The maximum atomic E-state index is 10.4. The van der Waals surface area contributed by atoms with Gasteiger partial charge in [0.05, 0.1) is 5.60 Å². The van der Waals surface area contributed by atoms with E-state index in [-0.39, 0.29) is 12.0 Å². The summed E-state index contributed by atoms with van der Waals surface area (Å²) in [6.45, 7) is 0.176. The summed E-state index contributed by atoms with van der Waals surface area (Å²) in [5.74, 6) is 1.11. The van der Waals surface area contributed by atoms with Gasteiger partial charge in [-0.15, -0.1) is 10.1 Å². The minimum atomic E-state index is -0.706. The third-order valence-electron chi connectivity index (χ3n) is 4.63. The molecular formula is C11H17NO4. The average molecular weight is 227 g/mol. The van der Waals surface area contributed by atoms with Crippen molar-refractivity contribution in [3.05, 3.63) is 10.1 Å². The molecule has 2 atom stereocenters. The van der Waals surface area contributed by atoms with Crippen LogP contribution in [0.5, 0.6) is 0 Å². The quantitative estimate of drug-likeness (QED) is 0.586. The molecule has 0 saturated heterocycles. The van der Waals surface area contributed by atoms with E-state index in [9.17, 15) is 15.2 Å². The number of rotatable bonds is 3. The zero-order valence-electron chi connectivity index (χ0n) is 9.22. The van der Waals surface area contributed by atoms with Crippen molar-refractivity contribution in [3.63, 3.8) is 0 Å². The van der Waals surface area contributed by atoms with Gasteiger partial charge in [0.1, 0.15) is 6.61 Å². The fourth-order valence-electron chi connectivity index (χ4n) is 4.76. The normalized spacial score (nSPS) is 49.3. The summed E-state index contributed by atoms with van der Waals surface area (Å²) in [5, 5.41) is 20.0. The first kappa shape index (κ1) is 10.3. The first-order valence-electron chi connectivity index (χ1n) is 5.98. The molecule has 0 aromatic heterocycles. The van der Waals surface area contributed by atoms with Crippen molar-refractivity contribution in [2.45, 2.75) is 44.1 Å². The molecule has 4 saturated carbocycles. The molecule has 4 aliphatic carbocycles. The van der Waals surface area contributed by atoms with E-state index >= 15 is 0 Å². The highest BCUT2D eigenvalue weighted by atomic mass is 16.9. The van der Waals surface area contributed by atoms with Crippen LogP contribution in [0.2, 0.25) is 0 Å². The Labute approximate surface area is 93.9 Å². The third kappa shape index (κ3) is 1.57. The molecule has 0 amide bonds. The van der Waals surface area contributed by atoms with Gasteiger partial charge in [-0.05, 0) is 55.8 Å². The van der Waals surface area contributed by atoms with Crippen LogP contribution in [0, 0.1) is 27.4 Å². The van der Waals surface area contributed by atoms with Crippen LogP contribution in [0.25, 0.3) is 0 Å². The van der Waals surface area contributed by atoms with Crippen molar-refractivity contribution < 1.29 is 15.0 Å². The Bertz CT molecular complexity index is 316. The molecule has 0 heterocycles. The van der Waals surface area contributed by atoms with E-state index in [4.69, 9.17) is 0 Å². The lowest BCUT2D eigenvalue weighted by molar-refractivity contribution is -0.761. The Balaban J connectivity index is 1.78. The van der Waals surface area contributed by atoms with Crippen LogP contribution < -0.4 is 0 Å². The van der Waals surface area contributed by atoms with E-state index in [0.29, 0.717) is 18.3 Å². The van der Waals surface area contributed by atoms with Crippen LogP contribution in [0.4, 0.5) is 0 Å². The number of aliphatic hydroxyl groups is 1. The molecule has 2 unspecified atom stereocenters. The Morgan fingerprint density at radius 3 is 2.44 bits per heavy atom. The third-order valence-corrected chi connectivity index (χ3v) is 4.63. The van der Waals surface area contributed by atoms with Crippen LogP contribution >= 0.6 is 0 Å². The highest BCUT2D eigenvalue weighted by molar-refractivity contribution is 5.08. The van der Waals surface area contributed by atoms with Gasteiger partial charge >= 0.3 is 0 Å². The van der Waals surface area contributed by atoms with Crippen molar-refractivity contribution in [2.75, 3.05) is 6.61 Å². The van der Waals surface area contributed by atoms with Crippen LogP contribution in [0.1, 0.15) is 38.5 Å². The minimum absolute atomic E-state index is 0.119. The van der Waals surface area contributed by atoms with Crippen molar-refractivity contribution in [3.8, 4) is 0 Å². The average Bonchev–Trinajstić information content (AvgIpc) is 2.10. The van der Waals surface area contributed by atoms with E-state index in [1.54, 1.807) is 0 Å². The molecule has 4 rings (SSSR count). The van der Waals surface area contributed by atoms with Crippen molar-refractivity contribution in [2.24, 2.45) is 17.3 Å². The summed E-state index contributed by atoms with van der Waals surface area (Å²) in [6.07, 6.45) is 5.68. The van der Waals surface area contributed by atoms with Crippen molar-refractivity contribution >= 4 is 0 Å². The predicted octanol–water partition coefficient (Wildman–Crippen LogP) is 1.53. The first-order valence-corrected chi connectivity index (χ1v) is 5.98. The molecule has 0 spiro atoms. The largest absolute Gasteiger partial charge is 0.390 e. The second kappa shape index (κ2) is 3.09. The van der Waals surface area contributed by atoms with E-state index in [1.807, 2.05) is 0 Å². The molecular weight excluding hydrogens is 210 g/mol. The lowest BCUT2D eigenvalue weighted by Crippen LogP contribution is -2.57. The van der Waals surface area contributed by atoms with Gasteiger partial charge in [-0.25, -0.2) is 0 Å². The molecule has 4 aliphatic rings. The molecule has 4 fully saturated rings. The maximum absolute atomic E-state index is 10.4. The van der Waals surface area contributed by atoms with Gasteiger partial charge < -0.3 is 9.94 Å². The summed E-state index contributed by atoms with van der Waals surface area (Å²) >= 11 is 0. The lowest BCUT2D eigenvalue weighted by atomic mass is 9.48.